The van der Waals surface area contributed by atoms with E-state index in [0.717, 1.165) is 44.9 Å². The van der Waals surface area contributed by atoms with E-state index in [1.807, 2.05) is 0 Å². The third-order valence-electron chi connectivity index (χ3n) is 8.39. The number of aliphatic hydroxyl groups is 2. The van der Waals surface area contributed by atoms with Crippen molar-refractivity contribution >= 4 is 5.78 Å². The first-order valence-corrected chi connectivity index (χ1v) is 9.25. The average molecular weight is 306 g/mol. The lowest BCUT2D eigenvalue weighted by Gasteiger charge is -2.59. The van der Waals surface area contributed by atoms with Crippen LogP contribution in [0.2, 0.25) is 0 Å². The quantitative estimate of drug-likeness (QED) is 0.723. The highest BCUT2D eigenvalue weighted by Crippen LogP contribution is 2.65. The van der Waals surface area contributed by atoms with Crippen LogP contribution in [0.4, 0.5) is 0 Å². The van der Waals surface area contributed by atoms with Gasteiger partial charge in [-0.3, -0.25) is 4.79 Å². The molecule has 2 N–H and O–H groups in total. The number of ketones is 1. The predicted molar refractivity (Wildman–Crippen MR) is 84.1 cm³/mol. The van der Waals surface area contributed by atoms with Gasteiger partial charge in [-0.2, -0.15) is 0 Å². The van der Waals surface area contributed by atoms with Crippen LogP contribution in [0.5, 0.6) is 0 Å². The van der Waals surface area contributed by atoms with Crippen LogP contribution in [-0.2, 0) is 4.79 Å². The molecule has 4 aliphatic rings. The van der Waals surface area contributed by atoms with Gasteiger partial charge in [0.1, 0.15) is 5.78 Å². The minimum Gasteiger partial charge on any atom is -0.393 e. The van der Waals surface area contributed by atoms with Gasteiger partial charge in [-0.05, 0) is 73.5 Å². The number of hydrogen-bond donors (Lipinski definition) is 2. The molecule has 3 nitrogen and oxygen atoms in total. The van der Waals surface area contributed by atoms with Crippen molar-refractivity contribution in [2.24, 2.45) is 34.5 Å². The summed E-state index contributed by atoms with van der Waals surface area (Å²) < 4.78 is 0. The van der Waals surface area contributed by atoms with Gasteiger partial charge < -0.3 is 10.2 Å². The summed E-state index contributed by atoms with van der Waals surface area (Å²) in [5.74, 6) is 1.85. The molecular weight excluding hydrogens is 276 g/mol. The number of aliphatic hydroxyl groups excluding tert-OH is 2. The number of hydrogen-bond acceptors (Lipinski definition) is 3. The first-order chi connectivity index (χ1) is 10.4. The molecule has 0 aromatic heterocycles. The molecule has 0 aromatic carbocycles. The van der Waals surface area contributed by atoms with E-state index in [9.17, 15) is 15.0 Å². The Morgan fingerprint density at radius 2 is 1.64 bits per heavy atom. The molecule has 4 rings (SSSR count). The third-order valence-corrected chi connectivity index (χ3v) is 8.39. The minimum atomic E-state index is -0.218. The maximum atomic E-state index is 13.0. The van der Waals surface area contributed by atoms with Crippen LogP contribution in [0.1, 0.15) is 65.2 Å². The van der Waals surface area contributed by atoms with Crippen molar-refractivity contribution in [3.8, 4) is 0 Å². The van der Waals surface area contributed by atoms with Gasteiger partial charge in [-0.15, -0.1) is 0 Å². The fourth-order valence-corrected chi connectivity index (χ4v) is 6.88. The maximum absolute atomic E-state index is 13.0. The summed E-state index contributed by atoms with van der Waals surface area (Å²) in [5, 5.41) is 20.5. The summed E-state index contributed by atoms with van der Waals surface area (Å²) in [6.45, 7) is 4.61. The summed E-state index contributed by atoms with van der Waals surface area (Å²) in [4.78, 5) is 13.0. The Kier molecular flexibility index (Phi) is 3.30. The monoisotopic (exact) mass is 306 g/mol. The maximum Gasteiger partial charge on any atom is 0.136 e. The fraction of sp³-hybridized carbons (Fsp3) is 0.947. The van der Waals surface area contributed by atoms with Crippen molar-refractivity contribution in [1.29, 1.82) is 0 Å². The van der Waals surface area contributed by atoms with E-state index >= 15 is 0 Å². The molecule has 0 radical (unpaired) electrons. The highest BCUT2D eigenvalue weighted by Gasteiger charge is 2.62. The predicted octanol–water partition coefficient (Wildman–Crippen LogP) is 2.93. The smallest absolute Gasteiger partial charge is 0.136 e. The zero-order chi connectivity index (χ0) is 15.7. The lowest BCUT2D eigenvalue weighted by atomic mass is 9.45. The number of rotatable bonds is 0. The highest BCUT2D eigenvalue weighted by atomic mass is 16.3. The molecule has 124 valence electrons. The van der Waals surface area contributed by atoms with Gasteiger partial charge in [-0.25, -0.2) is 0 Å². The standard InChI is InChI=1S/C19H30O3/c1-18-7-5-12(20)9-11(18)10-15(21)17-13-3-4-16(22)19(13,2)8-6-14(17)18/h11-14,16-17,20,22H,3-10H2,1-2H3/t11-,12+,13+,14+,16-,17+,18+,19+/m1/s1. The molecule has 0 unspecified atom stereocenters. The van der Waals surface area contributed by atoms with Crippen molar-refractivity contribution in [3.05, 3.63) is 0 Å². The zero-order valence-corrected chi connectivity index (χ0v) is 13.9. The van der Waals surface area contributed by atoms with E-state index in [0.29, 0.717) is 30.0 Å². The van der Waals surface area contributed by atoms with Crippen LogP contribution in [0, 0.1) is 34.5 Å². The summed E-state index contributed by atoms with van der Waals surface area (Å²) in [5.41, 5.74) is 0.195. The number of carbonyl (C=O) groups excluding carboxylic acids is 1. The Hall–Kier alpha value is -0.410. The first kappa shape index (κ1) is 15.1. The summed E-state index contributed by atoms with van der Waals surface area (Å²) in [6.07, 6.45) is 7.07. The zero-order valence-electron chi connectivity index (χ0n) is 13.9. The largest absolute Gasteiger partial charge is 0.393 e. The Labute approximate surface area is 133 Å². The van der Waals surface area contributed by atoms with E-state index < -0.39 is 0 Å². The molecule has 8 atom stereocenters. The molecule has 0 aromatic rings. The average Bonchev–Trinajstić information content (AvgIpc) is 2.77. The van der Waals surface area contributed by atoms with Crippen molar-refractivity contribution in [3.63, 3.8) is 0 Å². The molecule has 0 aliphatic heterocycles. The van der Waals surface area contributed by atoms with E-state index in [2.05, 4.69) is 13.8 Å². The molecule has 0 amide bonds. The Balaban J connectivity index is 1.69. The lowest BCUT2D eigenvalue weighted by molar-refractivity contribution is -0.162. The minimum absolute atomic E-state index is 0.0335. The van der Waals surface area contributed by atoms with Crippen molar-refractivity contribution in [2.75, 3.05) is 0 Å². The summed E-state index contributed by atoms with van der Waals surface area (Å²) in [6, 6.07) is 0. The molecule has 22 heavy (non-hydrogen) atoms. The highest BCUT2D eigenvalue weighted by molar-refractivity contribution is 5.83. The topological polar surface area (TPSA) is 57.5 Å². The van der Waals surface area contributed by atoms with Gasteiger partial charge in [0, 0.05) is 12.3 Å². The van der Waals surface area contributed by atoms with Gasteiger partial charge in [0.25, 0.3) is 0 Å². The second-order valence-electron chi connectivity index (χ2n) is 9.18. The van der Waals surface area contributed by atoms with E-state index in [-0.39, 0.29) is 29.0 Å². The molecule has 0 saturated heterocycles. The van der Waals surface area contributed by atoms with Gasteiger partial charge in [0.05, 0.1) is 12.2 Å². The van der Waals surface area contributed by atoms with Crippen LogP contribution in [0.3, 0.4) is 0 Å². The van der Waals surface area contributed by atoms with E-state index in [1.54, 1.807) is 0 Å². The molecule has 0 spiro atoms. The van der Waals surface area contributed by atoms with Gasteiger partial charge in [0.15, 0.2) is 0 Å². The Bertz CT molecular complexity index is 489. The van der Waals surface area contributed by atoms with Crippen LogP contribution >= 0.6 is 0 Å². The molecule has 0 heterocycles. The van der Waals surface area contributed by atoms with Gasteiger partial charge in [0.2, 0.25) is 0 Å². The van der Waals surface area contributed by atoms with E-state index in [1.165, 1.54) is 0 Å². The number of fused-ring (bicyclic) bond motifs is 5. The van der Waals surface area contributed by atoms with Crippen molar-refractivity contribution < 1.29 is 15.0 Å². The molecule has 3 heteroatoms. The number of Topliss-reactive ketones (excluding diaryl/α,β-unsaturated/α-hetero) is 1. The third kappa shape index (κ3) is 1.84. The summed E-state index contributed by atoms with van der Waals surface area (Å²) >= 11 is 0. The SMILES string of the molecule is C[C@]12CC[C@H](O)C[C@@H]1CC(=O)[C@@H]1[C@@H]2CC[C@]2(C)[C@H](O)CC[C@@H]12. The molecular formula is C19H30O3. The molecule has 0 bridgehead atoms. The Morgan fingerprint density at radius 1 is 0.955 bits per heavy atom. The second kappa shape index (κ2) is 4.80. The number of carbonyl (C=O) groups is 1. The van der Waals surface area contributed by atoms with Gasteiger partial charge >= 0.3 is 0 Å². The second-order valence-corrected chi connectivity index (χ2v) is 9.18. The molecule has 4 aliphatic carbocycles. The lowest BCUT2D eigenvalue weighted by Crippen LogP contribution is -2.57. The van der Waals surface area contributed by atoms with Gasteiger partial charge in [-0.1, -0.05) is 13.8 Å². The van der Waals surface area contributed by atoms with Crippen LogP contribution < -0.4 is 0 Å². The normalized spacial score (nSPS) is 57.9. The molecule has 4 saturated carbocycles. The van der Waals surface area contributed by atoms with Crippen molar-refractivity contribution in [2.45, 2.75) is 77.4 Å². The summed E-state index contributed by atoms with van der Waals surface area (Å²) in [7, 11) is 0. The van der Waals surface area contributed by atoms with Crippen LogP contribution in [0.25, 0.3) is 0 Å². The van der Waals surface area contributed by atoms with Crippen LogP contribution in [-0.4, -0.2) is 28.2 Å². The fourth-order valence-electron chi connectivity index (χ4n) is 6.88. The van der Waals surface area contributed by atoms with Crippen LogP contribution in [0.15, 0.2) is 0 Å². The van der Waals surface area contributed by atoms with E-state index in [4.69, 9.17) is 0 Å². The van der Waals surface area contributed by atoms with Crippen molar-refractivity contribution in [1.82, 2.24) is 0 Å². The molecule has 4 fully saturated rings. The first-order valence-electron chi connectivity index (χ1n) is 9.25. The Morgan fingerprint density at radius 3 is 2.41 bits per heavy atom.